The number of nitrogens with zero attached hydrogens (tertiary/aromatic N) is 1. The Labute approximate surface area is 166 Å². The molecule has 0 aromatic heterocycles. The fraction of sp³-hybridized carbons (Fsp3) is 0.0588. The van der Waals surface area contributed by atoms with Crippen molar-refractivity contribution in [3.05, 3.63) is 61.9 Å². The summed E-state index contributed by atoms with van der Waals surface area (Å²) in [7, 11) is 1.61. The van der Waals surface area contributed by atoms with Gasteiger partial charge in [0.1, 0.15) is 5.75 Å². The number of rotatable bonds is 3. The van der Waals surface area contributed by atoms with Gasteiger partial charge in [-0.15, -0.1) is 0 Å². The SMILES string of the molecule is COc1ccc(/C=C2/SC(=S)N(c3cccc(Br)c3)C2=O)cc1Br. The molecule has 0 bridgehead atoms. The Morgan fingerprint density at radius 2 is 2.00 bits per heavy atom. The summed E-state index contributed by atoms with van der Waals surface area (Å²) in [5.74, 6) is 0.629. The lowest BCUT2D eigenvalue weighted by Gasteiger charge is -2.14. The molecule has 24 heavy (non-hydrogen) atoms. The van der Waals surface area contributed by atoms with Crippen molar-refractivity contribution in [3.63, 3.8) is 0 Å². The van der Waals surface area contributed by atoms with Crippen molar-refractivity contribution in [1.82, 2.24) is 0 Å². The van der Waals surface area contributed by atoms with E-state index in [0.29, 0.717) is 9.23 Å². The molecule has 3 rings (SSSR count). The molecule has 1 fully saturated rings. The van der Waals surface area contributed by atoms with E-state index >= 15 is 0 Å². The van der Waals surface area contributed by atoms with Crippen LogP contribution in [0.25, 0.3) is 6.08 Å². The number of methoxy groups -OCH3 is 1. The fourth-order valence-electron chi connectivity index (χ4n) is 2.23. The number of halogens is 2. The summed E-state index contributed by atoms with van der Waals surface area (Å²) in [6, 6.07) is 13.2. The first-order valence-electron chi connectivity index (χ1n) is 6.86. The monoisotopic (exact) mass is 483 g/mol. The number of ether oxygens (including phenoxy) is 1. The lowest BCUT2D eigenvalue weighted by molar-refractivity contribution is -0.113. The number of thiocarbonyl (C=S) groups is 1. The van der Waals surface area contributed by atoms with Crippen molar-refractivity contribution in [3.8, 4) is 5.75 Å². The topological polar surface area (TPSA) is 29.5 Å². The van der Waals surface area contributed by atoms with Gasteiger partial charge in [0, 0.05) is 4.47 Å². The number of carbonyl (C=O) groups is 1. The van der Waals surface area contributed by atoms with Gasteiger partial charge in [0.2, 0.25) is 0 Å². The number of benzene rings is 2. The molecule has 1 amide bonds. The van der Waals surface area contributed by atoms with Gasteiger partial charge in [-0.2, -0.15) is 0 Å². The van der Waals surface area contributed by atoms with Gasteiger partial charge in [-0.25, -0.2) is 0 Å². The molecular weight excluding hydrogens is 474 g/mol. The first kappa shape index (κ1) is 17.7. The summed E-state index contributed by atoms with van der Waals surface area (Å²) >= 11 is 13.6. The van der Waals surface area contributed by atoms with Gasteiger partial charge in [0.15, 0.2) is 4.32 Å². The molecule has 3 nitrogen and oxygen atoms in total. The standard InChI is InChI=1S/C17H11Br2NO2S2/c1-22-14-6-5-10(7-13(14)19)8-15-16(21)20(17(23)24-15)12-4-2-3-11(18)9-12/h2-9H,1H3/b15-8+. The predicted octanol–water partition coefficient (Wildman–Crippen LogP) is 5.63. The molecule has 2 aromatic carbocycles. The molecule has 0 radical (unpaired) electrons. The van der Waals surface area contributed by atoms with Crippen molar-refractivity contribution in [2.45, 2.75) is 0 Å². The van der Waals surface area contributed by atoms with E-state index in [0.717, 1.165) is 25.9 Å². The van der Waals surface area contributed by atoms with E-state index in [1.807, 2.05) is 48.5 Å². The van der Waals surface area contributed by atoms with Gasteiger partial charge in [0.25, 0.3) is 5.91 Å². The number of amides is 1. The molecule has 0 unspecified atom stereocenters. The van der Waals surface area contributed by atoms with E-state index in [1.165, 1.54) is 11.8 Å². The molecule has 1 aliphatic rings. The third kappa shape index (κ3) is 3.59. The molecule has 0 atom stereocenters. The maximum absolute atomic E-state index is 12.7. The highest BCUT2D eigenvalue weighted by atomic mass is 79.9. The van der Waals surface area contributed by atoms with Crippen LogP contribution in [-0.2, 0) is 4.79 Å². The molecule has 1 aliphatic heterocycles. The van der Waals surface area contributed by atoms with E-state index in [1.54, 1.807) is 12.0 Å². The minimum Gasteiger partial charge on any atom is -0.496 e. The van der Waals surface area contributed by atoms with Crippen LogP contribution in [0.3, 0.4) is 0 Å². The summed E-state index contributed by atoms with van der Waals surface area (Å²) in [5.41, 5.74) is 1.66. The van der Waals surface area contributed by atoms with Gasteiger partial charge in [-0.3, -0.25) is 9.69 Å². The highest BCUT2D eigenvalue weighted by Crippen LogP contribution is 2.37. The summed E-state index contributed by atoms with van der Waals surface area (Å²) < 4.78 is 7.48. The average Bonchev–Trinajstić information content (AvgIpc) is 2.81. The van der Waals surface area contributed by atoms with Crippen molar-refractivity contribution >= 4 is 77.8 Å². The molecular formula is C17H11Br2NO2S2. The zero-order valence-corrected chi connectivity index (χ0v) is 17.3. The normalized spacial score (nSPS) is 16.1. The number of thioether (sulfide) groups is 1. The Kier molecular flexibility index (Phi) is 5.44. The molecule has 1 heterocycles. The Bertz CT molecular complexity index is 867. The van der Waals surface area contributed by atoms with Gasteiger partial charge < -0.3 is 4.74 Å². The third-order valence-corrected chi connectivity index (χ3v) is 5.75. The minimum absolute atomic E-state index is 0.116. The van der Waals surface area contributed by atoms with Gasteiger partial charge >= 0.3 is 0 Å². The van der Waals surface area contributed by atoms with Crippen molar-refractivity contribution < 1.29 is 9.53 Å². The molecule has 0 aliphatic carbocycles. The van der Waals surface area contributed by atoms with Crippen LogP contribution in [0.1, 0.15) is 5.56 Å². The lowest BCUT2D eigenvalue weighted by atomic mass is 10.2. The van der Waals surface area contributed by atoms with E-state index in [4.69, 9.17) is 17.0 Å². The van der Waals surface area contributed by atoms with Crippen LogP contribution >= 0.6 is 55.8 Å². The molecule has 0 N–H and O–H groups in total. The lowest BCUT2D eigenvalue weighted by Crippen LogP contribution is -2.27. The van der Waals surface area contributed by atoms with Crippen LogP contribution in [0.15, 0.2) is 56.3 Å². The highest BCUT2D eigenvalue weighted by molar-refractivity contribution is 9.10. The quantitative estimate of drug-likeness (QED) is 0.417. The Hall–Kier alpha value is -1.15. The summed E-state index contributed by atoms with van der Waals surface area (Å²) in [4.78, 5) is 14.9. The molecule has 122 valence electrons. The van der Waals surface area contributed by atoms with E-state index in [2.05, 4.69) is 31.9 Å². The molecule has 0 spiro atoms. The summed E-state index contributed by atoms with van der Waals surface area (Å²) in [6.07, 6.45) is 1.83. The number of hydrogen-bond donors (Lipinski definition) is 0. The first-order valence-corrected chi connectivity index (χ1v) is 9.68. The van der Waals surface area contributed by atoms with E-state index in [-0.39, 0.29) is 5.91 Å². The van der Waals surface area contributed by atoms with Crippen molar-refractivity contribution in [2.24, 2.45) is 0 Å². The Balaban J connectivity index is 1.92. The Morgan fingerprint density at radius 3 is 2.67 bits per heavy atom. The third-order valence-electron chi connectivity index (χ3n) is 3.33. The zero-order chi connectivity index (χ0) is 17.3. The largest absolute Gasteiger partial charge is 0.496 e. The van der Waals surface area contributed by atoms with Crippen molar-refractivity contribution in [1.29, 1.82) is 0 Å². The predicted molar refractivity (Wildman–Crippen MR) is 110 cm³/mol. The summed E-state index contributed by atoms with van der Waals surface area (Å²) in [6.45, 7) is 0. The molecule has 2 aromatic rings. The number of carbonyl (C=O) groups excluding carboxylic acids is 1. The highest BCUT2D eigenvalue weighted by Gasteiger charge is 2.33. The molecule has 0 saturated carbocycles. The zero-order valence-electron chi connectivity index (χ0n) is 12.5. The van der Waals surface area contributed by atoms with Crippen LogP contribution in [0.4, 0.5) is 5.69 Å². The minimum atomic E-state index is -0.116. The van der Waals surface area contributed by atoms with Gasteiger partial charge in [-0.05, 0) is 57.9 Å². The smallest absolute Gasteiger partial charge is 0.270 e. The number of hydrogen-bond acceptors (Lipinski definition) is 4. The maximum atomic E-state index is 12.7. The maximum Gasteiger partial charge on any atom is 0.270 e. The summed E-state index contributed by atoms with van der Waals surface area (Å²) in [5, 5.41) is 0. The second-order valence-electron chi connectivity index (χ2n) is 4.89. The van der Waals surface area contributed by atoms with E-state index in [9.17, 15) is 4.79 Å². The first-order chi connectivity index (χ1) is 11.5. The van der Waals surface area contributed by atoms with Crippen molar-refractivity contribution in [2.75, 3.05) is 12.0 Å². The second kappa shape index (κ2) is 7.39. The van der Waals surface area contributed by atoms with Crippen LogP contribution in [0.2, 0.25) is 0 Å². The van der Waals surface area contributed by atoms with E-state index < -0.39 is 0 Å². The fourth-order valence-corrected chi connectivity index (χ4v) is 4.47. The number of anilines is 1. The van der Waals surface area contributed by atoms with Crippen LogP contribution in [-0.4, -0.2) is 17.3 Å². The average molecular weight is 485 g/mol. The van der Waals surface area contributed by atoms with Gasteiger partial charge in [0.05, 0.1) is 22.2 Å². The molecule has 1 saturated heterocycles. The van der Waals surface area contributed by atoms with Crippen LogP contribution in [0, 0.1) is 0 Å². The van der Waals surface area contributed by atoms with Gasteiger partial charge in [-0.1, -0.05) is 52.0 Å². The van der Waals surface area contributed by atoms with Crippen LogP contribution < -0.4 is 9.64 Å². The molecule has 7 heteroatoms. The Morgan fingerprint density at radius 1 is 1.21 bits per heavy atom. The second-order valence-corrected chi connectivity index (χ2v) is 8.34. The van der Waals surface area contributed by atoms with Crippen LogP contribution in [0.5, 0.6) is 5.75 Å².